The van der Waals surface area contributed by atoms with E-state index in [0.29, 0.717) is 6.54 Å². The predicted octanol–water partition coefficient (Wildman–Crippen LogP) is 0.599. The predicted molar refractivity (Wildman–Crippen MR) is 69.5 cm³/mol. The molecule has 0 heterocycles. The van der Waals surface area contributed by atoms with E-state index in [9.17, 15) is 8.42 Å². The first-order valence-electron chi connectivity index (χ1n) is 5.92. The first-order valence-corrected chi connectivity index (χ1v) is 7.98. The van der Waals surface area contributed by atoms with Gasteiger partial charge in [-0.2, -0.15) is 0 Å². The summed E-state index contributed by atoms with van der Waals surface area (Å²) in [5, 5.41) is 3.14. The largest absolute Gasteiger partial charge is 0.314 e. The minimum Gasteiger partial charge on any atom is -0.314 e. The Morgan fingerprint density at radius 1 is 1.31 bits per heavy atom. The summed E-state index contributed by atoms with van der Waals surface area (Å²) < 4.78 is 21.7. The maximum absolute atomic E-state index is 10.9. The van der Waals surface area contributed by atoms with Gasteiger partial charge in [0.15, 0.2) is 0 Å². The van der Waals surface area contributed by atoms with E-state index in [-0.39, 0.29) is 5.75 Å². The molecule has 1 N–H and O–H groups in total. The van der Waals surface area contributed by atoms with Gasteiger partial charge in [0.1, 0.15) is 9.84 Å². The molecule has 16 heavy (non-hydrogen) atoms. The Bertz CT molecular complexity index is 265. The standard InChI is InChI=1S/C11H26N2O2S/c1-5-11(2)10-13(3)8-6-12-7-9-16(4,14)15/h11-12H,5-10H2,1-4H3. The van der Waals surface area contributed by atoms with E-state index < -0.39 is 9.84 Å². The van der Waals surface area contributed by atoms with Crippen LogP contribution in [0.2, 0.25) is 0 Å². The Morgan fingerprint density at radius 3 is 2.44 bits per heavy atom. The second-order valence-corrected chi connectivity index (χ2v) is 6.92. The van der Waals surface area contributed by atoms with E-state index >= 15 is 0 Å². The molecule has 5 heteroatoms. The zero-order chi connectivity index (χ0) is 12.6. The van der Waals surface area contributed by atoms with Gasteiger partial charge in [0.2, 0.25) is 0 Å². The second kappa shape index (κ2) is 8.03. The first kappa shape index (κ1) is 15.9. The van der Waals surface area contributed by atoms with Crippen LogP contribution in [0, 0.1) is 5.92 Å². The van der Waals surface area contributed by atoms with Crippen molar-refractivity contribution in [3.05, 3.63) is 0 Å². The van der Waals surface area contributed by atoms with Gasteiger partial charge in [-0.3, -0.25) is 0 Å². The highest BCUT2D eigenvalue weighted by Gasteiger charge is 2.04. The lowest BCUT2D eigenvalue weighted by atomic mass is 10.1. The number of sulfone groups is 1. The van der Waals surface area contributed by atoms with E-state index in [4.69, 9.17) is 0 Å². The topological polar surface area (TPSA) is 49.4 Å². The quantitative estimate of drug-likeness (QED) is 0.609. The highest BCUT2D eigenvalue weighted by molar-refractivity contribution is 7.90. The highest BCUT2D eigenvalue weighted by Crippen LogP contribution is 2.01. The molecular formula is C11H26N2O2S. The van der Waals surface area contributed by atoms with E-state index in [1.165, 1.54) is 12.7 Å². The second-order valence-electron chi connectivity index (χ2n) is 4.66. The third kappa shape index (κ3) is 10.4. The molecule has 1 atom stereocenters. The number of hydrogen-bond acceptors (Lipinski definition) is 4. The molecule has 0 bridgehead atoms. The Kier molecular flexibility index (Phi) is 7.97. The molecule has 0 saturated carbocycles. The van der Waals surface area contributed by atoms with Crippen LogP contribution in [0.1, 0.15) is 20.3 Å². The fraction of sp³-hybridized carbons (Fsp3) is 1.00. The summed E-state index contributed by atoms with van der Waals surface area (Å²) >= 11 is 0. The smallest absolute Gasteiger partial charge is 0.148 e. The van der Waals surface area contributed by atoms with Crippen LogP contribution in [-0.2, 0) is 9.84 Å². The van der Waals surface area contributed by atoms with Crippen LogP contribution in [0.15, 0.2) is 0 Å². The summed E-state index contributed by atoms with van der Waals surface area (Å²) in [6.45, 7) is 7.91. The molecule has 0 radical (unpaired) electrons. The molecule has 0 fully saturated rings. The molecule has 0 rings (SSSR count). The summed E-state index contributed by atoms with van der Waals surface area (Å²) in [4.78, 5) is 2.28. The van der Waals surface area contributed by atoms with Crippen molar-refractivity contribution in [1.29, 1.82) is 0 Å². The van der Waals surface area contributed by atoms with E-state index in [1.807, 2.05) is 0 Å². The van der Waals surface area contributed by atoms with Gasteiger partial charge in [-0.1, -0.05) is 20.3 Å². The molecule has 98 valence electrons. The molecule has 0 aromatic heterocycles. The Labute approximate surface area is 100 Å². The minimum atomic E-state index is -2.82. The van der Waals surface area contributed by atoms with Gasteiger partial charge < -0.3 is 10.2 Å². The Balaban J connectivity index is 3.45. The average Bonchev–Trinajstić information content (AvgIpc) is 2.15. The molecule has 0 aliphatic heterocycles. The average molecular weight is 250 g/mol. The third-order valence-corrected chi connectivity index (χ3v) is 3.59. The lowest BCUT2D eigenvalue weighted by Crippen LogP contribution is -2.33. The summed E-state index contributed by atoms with van der Waals surface area (Å²) in [6.07, 6.45) is 2.47. The van der Waals surface area contributed by atoms with E-state index in [0.717, 1.165) is 25.6 Å². The minimum absolute atomic E-state index is 0.224. The lowest BCUT2D eigenvalue weighted by Gasteiger charge is -2.20. The molecule has 0 aromatic rings. The molecule has 1 unspecified atom stereocenters. The van der Waals surface area contributed by atoms with Crippen LogP contribution in [-0.4, -0.2) is 58.6 Å². The SMILES string of the molecule is CCC(C)CN(C)CCNCCS(C)(=O)=O. The van der Waals surface area contributed by atoms with Crippen molar-refractivity contribution in [2.75, 3.05) is 45.2 Å². The fourth-order valence-corrected chi connectivity index (χ4v) is 1.92. The number of nitrogens with zero attached hydrogens (tertiary/aromatic N) is 1. The van der Waals surface area contributed by atoms with E-state index in [1.54, 1.807) is 0 Å². The lowest BCUT2D eigenvalue weighted by molar-refractivity contribution is 0.282. The summed E-state index contributed by atoms with van der Waals surface area (Å²) in [5.41, 5.74) is 0. The van der Waals surface area contributed by atoms with Gasteiger partial charge in [-0.25, -0.2) is 8.42 Å². The Hall–Kier alpha value is -0.130. The fourth-order valence-electron chi connectivity index (χ4n) is 1.40. The monoisotopic (exact) mass is 250 g/mol. The van der Waals surface area contributed by atoms with Crippen LogP contribution >= 0.6 is 0 Å². The first-order chi connectivity index (χ1) is 7.35. The van der Waals surface area contributed by atoms with Gasteiger partial charge in [-0.05, 0) is 13.0 Å². The number of nitrogens with one attached hydrogen (secondary N) is 1. The molecule has 4 nitrogen and oxygen atoms in total. The number of rotatable bonds is 9. The highest BCUT2D eigenvalue weighted by atomic mass is 32.2. The van der Waals surface area contributed by atoms with Crippen molar-refractivity contribution in [2.45, 2.75) is 20.3 Å². The van der Waals surface area contributed by atoms with Crippen molar-refractivity contribution in [1.82, 2.24) is 10.2 Å². The van der Waals surface area contributed by atoms with Crippen LogP contribution in [0.5, 0.6) is 0 Å². The van der Waals surface area contributed by atoms with Gasteiger partial charge in [0.05, 0.1) is 5.75 Å². The van der Waals surface area contributed by atoms with Crippen molar-refractivity contribution >= 4 is 9.84 Å². The van der Waals surface area contributed by atoms with Gasteiger partial charge in [0.25, 0.3) is 0 Å². The van der Waals surface area contributed by atoms with Gasteiger partial charge >= 0.3 is 0 Å². The molecule has 0 amide bonds. The van der Waals surface area contributed by atoms with Crippen LogP contribution < -0.4 is 5.32 Å². The van der Waals surface area contributed by atoms with E-state index in [2.05, 4.69) is 31.1 Å². The van der Waals surface area contributed by atoms with Crippen LogP contribution in [0.3, 0.4) is 0 Å². The molecule has 0 aromatic carbocycles. The van der Waals surface area contributed by atoms with Crippen molar-refractivity contribution < 1.29 is 8.42 Å². The van der Waals surface area contributed by atoms with Gasteiger partial charge in [0, 0.05) is 32.4 Å². The summed E-state index contributed by atoms with van der Waals surface area (Å²) in [7, 11) is -0.722. The molecule has 0 aliphatic rings. The maximum atomic E-state index is 10.9. The normalized spacial score (nSPS) is 14.3. The summed E-state index contributed by atoms with van der Waals surface area (Å²) in [6, 6.07) is 0. The zero-order valence-corrected chi connectivity index (χ0v) is 11.8. The molecule has 0 aliphatic carbocycles. The number of hydrogen-bond donors (Lipinski definition) is 1. The molecule has 0 saturated heterocycles. The molecule has 0 spiro atoms. The molecular weight excluding hydrogens is 224 g/mol. The number of likely N-dealkylation sites (N-methyl/N-ethyl adjacent to an activating group) is 1. The van der Waals surface area contributed by atoms with Crippen molar-refractivity contribution in [2.24, 2.45) is 5.92 Å². The van der Waals surface area contributed by atoms with Crippen LogP contribution in [0.4, 0.5) is 0 Å². The van der Waals surface area contributed by atoms with Gasteiger partial charge in [-0.15, -0.1) is 0 Å². The third-order valence-electron chi connectivity index (χ3n) is 2.64. The Morgan fingerprint density at radius 2 is 1.94 bits per heavy atom. The maximum Gasteiger partial charge on any atom is 0.148 e. The zero-order valence-electron chi connectivity index (χ0n) is 11.0. The summed E-state index contributed by atoms with van der Waals surface area (Å²) in [5.74, 6) is 0.947. The van der Waals surface area contributed by atoms with Crippen LogP contribution in [0.25, 0.3) is 0 Å². The van der Waals surface area contributed by atoms with Crippen molar-refractivity contribution in [3.8, 4) is 0 Å². The van der Waals surface area contributed by atoms with Crippen molar-refractivity contribution in [3.63, 3.8) is 0 Å².